The van der Waals surface area contributed by atoms with Crippen molar-refractivity contribution >= 4 is 0 Å². The highest BCUT2D eigenvalue weighted by atomic mass is 15.3. The molecule has 1 N–H and O–H groups in total. The van der Waals surface area contributed by atoms with Gasteiger partial charge in [-0.15, -0.1) is 0 Å². The lowest BCUT2D eigenvalue weighted by molar-refractivity contribution is 0.353. The number of nitrogens with one attached hydrogen (secondary N) is 1. The highest BCUT2D eigenvalue weighted by Crippen LogP contribution is 2.13. The minimum atomic E-state index is 0.510. The first-order valence-corrected chi connectivity index (χ1v) is 3.19. The van der Waals surface area contributed by atoms with Gasteiger partial charge in [0, 0.05) is 17.9 Å². The van der Waals surface area contributed by atoms with Crippen LogP contribution in [-0.2, 0) is 0 Å². The summed E-state index contributed by atoms with van der Waals surface area (Å²) in [6.07, 6.45) is 1.94. The summed E-state index contributed by atoms with van der Waals surface area (Å²) >= 11 is 0. The number of rotatable bonds is 1. The Morgan fingerprint density at radius 1 is 1.67 bits per heavy atom. The molecule has 0 saturated heterocycles. The van der Waals surface area contributed by atoms with Crippen LogP contribution in [0, 0.1) is 6.67 Å². The fraction of sp³-hybridized carbons (Fsp3) is 0.571. The highest BCUT2D eigenvalue weighted by Gasteiger charge is 2.14. The third-order valence-corrected chi connectivity index (χ3v) is 1.36. The van der Waals surface area contributed by atoms with E-state index in [2.05, 4.69) is 37.7 Å². The topological polar surface area (TPSA) is 15.3 Å². The van der Waals surface area contributed by atoms with Gasteiger partial charge in [0.15, 0.2) is 0 Å². The van der Waals surface area contributed by atoms with Gasteiger partial charge in [-0.3, -0.25) is 0 Å². The van der Waals surface area contributed by atoms with Gasteiger partial charge in [-0.1, -0.05) is 0 Å². The van der Waals surface area contributed by atoms with Crippen LogP contribution in [0.2, 0.25) is 0 Å². The maximum atomic E-state index is 3.00. The molecule has 0 aliphatic carbocycles. The van der Waals surface area contributed by atoms with Crippen molar-refractivity contribution in [3.63, 3.8) is 0 Å². The number of nitrogens with zero attached hydrogens (tertiary/aromatic N) is 1. The molecule has 0 atom stereocenters. The van der Waals surface area contributed by atoms with E-state index in [-0.39, 0.29) is 0 Å². The number of allylic oxidation sites excluding steroid dienone is 1. The third kappa shape index (κ3) is 1.18. The van der Waals surface area contributed by atoms with E-state index in [4.69, 9.17) is 0 Å². The van der Waals surface area contributed by atoms with E-state index in [1.165, 1.54) is 5.70 Å². The Balaban J connectivity index is 2.53. The van der Waals surface area contributed by atoms with E-state index in [0.717, 1.165) is 0 Å². The first-order chi connectivity index (χ1) is 4.22. The smallest absolute Gasteiger partial charge is 0.205 e. The summed E-state index contributed by atoms with van der Waals surface area (Å²) in [6.45, 7) is 9.33. The minimum Gasteiger partial charge on any atom is -0.360 e. The van der Waals surface area contributed by atoms with Crippen molar-refractivity contribution in [3.8, 4) is 0 Å². The molecule has 0 amide bonds. The summed E-state index contributed by atoms with van der Waals surface area (Å²) in [5.74, 6) is 0. The van der Waals surface area contributed by atoms with E-state index in [9.17, 15) is 0 Å². The monoisotopic (exact) mass is 124 g/mol. The van der Waals surface area contributed by atoms with Crippen molar-refractivity contribution in [2.75, 3.05) is 0 Å². The van der Waals surface area contributed by atoms with Gasteiger partial charge in [0.1, 0.15) is 0 Å². The Morgan fingerprint density at radius 2 is 2.33 bits per heavy atom. The molecule has 0 unspecified atom stereocenters. The van der Waals surface area contributed by atoms with Crippen molar-refractivity contribution < 1.29 is 0 Å². The van der Waals surface area contributed by atoms with Gasteiger partial charge < -0.3 is 10.2 Å². The molecule has 0 bridgehead atoms. The van der Waals surface area contributed by atoms with Crippen LogP contribution in [0.25, 0.3) is 0 Å². The summed E-state index contributed by atoms with van der Waals surface area (Å²) in [5, 5.41) is 2.92. The molecule has 1 aliphatic rings. The molecule has 0 saturated carbocycles. The maximum absolute atomic E-state index is 3.00. The average Bonchev–Trinajstić information content (AvgIpc) is 2.13. The van der Waals surface area contributed by atoms with E-state index < -0.39 is 0 Å². The van der Waals surface area contributed by atoms with Crippen LogP contribution in [0.15, 0.2) is 11.9 Å². The summed E-state index contributed by atoms with van der Waals surface area (Å²) in [5.41, 5.74) is 1.23. The van der Waals surface area contributed by atoms with E-state index in [0.29, 0.717) is 6.04 Å². The molecule has 50 valence electrons. The normalized spacial score (nSPS) is 18.2. The van der Waals surface area contributed by atoms with Gasteiger partial charge in [0.2, 0.25) is 6.67 Å². The zero-order valence-corrected chi connectivity index (χ0v) is 6.10. The number of hydrogen-bond acceptors (Lipinski definition) is 2. The van der Waals surface area contributed by atoms with Crippen molar-refractivity contribution in [1.29, 1.82) is 0 Å². The molecular weight excluding hydrogens is 112 g/mol. The zero-order chi connectivity index (χ0) is 6.85. The Morgan fingerprint density at radius 3 is 2.56 bits per heavy atom. The second kappa shape index (κ2) is 2.29. The van der Waals surface area contributed by atoms with Crippen LogP contribution in [-0.4, -0.2) is 10.9 Å². The average molecular weight is 124 g/mol. The highest BCUT2D eigenvalue weighted by molar-refractivity contribution is 5.07. The Hall–Kier alpha value is -0.660. The minimum absolute atomic E-state index is 0.510. The fourth-order valence-electron chi connectivity index (χ4n) is 0.900. The molecule has 0 aromatic rings. The molecule has 0 aromatic carbocycles. The Bertz CT molecular complexity index is 127. The maximum Gasteiger partial charge on any atom is 0.205 e. The molecular formula is C7H12N2. The predicted octanol–water partition coefficient (Wildman–Crippen LogP) is 1.16. The Kier molecular flexibility index (Phi) is 1.65. The van der Waals surface area contributed by atoms with E-state index >= 15 is 0 Å². The first kappa shape index (κ1) is 6.46. The van der Waals surface area contributed by atoms with Gasteiger partial charge >= 0.3 is 0 Å². The molecule has 1 rings (SSSR count). The summed E-state index contributed by atoms with van der Waals surface area (Å²) in [7, 11) is 0. The van der Waals surface area contributed by atoms with Crippen molar-refractivity contribution in [1.82, 2.24) is 10.2 Å². The van der Waals surface area contributed by atoms with Gasteiger partial charge in [-0.2, -0.15) is 0 Å². The van der Waals surface area contributed by atoms with Crippen LogP contribution in [0.4, 0.5) is 0 Å². The van der Waals surface area contributed by atoms with Gasteiger partial charge in [-0.05, 0) is 20.8 Å². The van der Waals surface area contributed by atoms with Gasteiger partial charge in [0.05, 0.1) is 0 Å². The van der Waals surface area contributed by atoms with Crippen LogP contribution in [0.3, 0.4) is 0 Å². The molecule has 2 nitrogen and oxygen atoms in total. The zero-order valence-electron chi connectivity index (χ0n) is 6.10. The van der Waals surface area contributed by atoms with Crippen LogP contribution < -0.4 is 5.32 Å². The lowest BCUT2D eigenvalue weighted by Crippen LogP contribution is -2.25. The fourth-order valence-corrected chi connectivity index (χ4v) is 0.900. The van der Waals surface area contributed by atoms with Crippen molar-refractivity contribution in [3.05, 3.63) is 18.6 Å². The molecule has 1 aliphatic heterocycles. The second-order valence-corrected chi connectivity index (χ2v) is 2.51. The molecule has 0 aromatic heterocycles. The predicted molar refractivity (Wildman–Crippen MR) is 37.1 cm³/mol. The summed E-state index contributed by atoms with van der Waals surface area (Å²) in [6, 6.07) is 0.510. The summed E-state index contributed by atoms with van der Waals surface area (Å²) in [4.78, 5) is 2.07. The van der Waals surface area contributed by atoms with Gasteiger partial charge in [0.25, 0.3) is 0 Å². The van der Waals surface area contributed by atoms with Crippen LogP contribution >= 0.6 is 0 Å². The largest absolute Gasteiger partial charge is 0.360 e. The van der Waals surface area contributed by atoms with Crippen LogP contribution in [0.1, 0.15) is 20.8 Å². The number of hydrogen-bond donors (Lipinski definition) is 1. The standard InChI is InChI=1S/C7H12N2/c1-6(2)9-5-8-4-7(9)3/h4,6,8H,1-3H3. The Labute approximate surface area is 56.5 Å². The molecule has 0 spiro atoms. The van der Waals surface area contributed by atoms with E-state index in [1.54, 1.807) is 0 Å². The SMILES string of the molecule is CC1=CN[C]N1C(C)C. The second-order valence-electron chi connectivity index (χ2n) is 2.51. The molecule has 2 radical (unpaired) electrons. The lowest BCUT2D eigenvalue weighted by Gasteiger charge is -2.21. The third-order valence-electron chi connectivity index (χ3n) is 1.36. The molecule has 2 heteroatoms. The van der Waals surface area contributed by atoms with E-state index in [1.807, 2.05) is 6.20 Å². The quantitative estimate of drug-likeness (QED) is 0.564. The van der Waals surface area contributed by atoms with Crippen molar-refractivity contribution in [2.24, 2.45) is 0 Å². The van der Waals surface area contributed by atoms with Crippen LogP contribution in [0.5, 0.6) is 0 Å². The molecule has 1 heterocycles. The van der Waals surface area contributed by atoms with Gasteiger partial charge in [-0.25, -0.2) is 0 Å². The first-order valence-electron chi connectivity index (χ1n) is 3.19. The molecule has 9 heavy (non-hydrogen) atoms. The summed E-state index contributed by atoms with van der Waals surface area (Å²) < 4.78 is 0. The molecule has 0 fully saturated rings. The van der Waals surface area contributed by atoms with Crippen molar-refractivity contribution in [2.45, 2.75) is 26.8 Å². The lowest BCUT2D eigenvalue weighted by atomic mass is 10.3.